The molecule has 1 rings (SSSR count). The summed E-state index contributed by atoms with van der Waals surface area (Å²) < 4.78 is 0. The number of ketones is 1. The Balaban J connectivity index is 2.84. The predicted molar refractivity (Wildman–Crippen MR) is 65.5 cm³/mol. The molecule has 88 valence electrons. The summed E-state index contributed by atoms with van der Waals surface area (Å²) >= 11 is 0. The standard InChI is InChI=1S/C14H20O2/c1-10-4-5-11(2)14(8-10)9-13(6-7-15)12(3)16/h4-5,8,13,15H,6-7,9H2,1-3H3. The van der Waals surface area contributed by atoms with Gasteiger partial charge in [0, 0.05) is 12.5 Å². The highest BCUT2D eigenvalue weighted by molar-refractivity contribution is 5.78. The number of benzene rings is 1. The second-order valence-corrected chi connectivity index (χ2v) is 4.45. The first-order chi connectivity index (χ1) is 7.54. The quantitative estimate of drug-likeness (QED) is 0.827. The molecule has 2 heteroatoms. The average Bonchev–Trinajstić information content (AvgIpc) is 2.22. The molecule has 0 aliphatic carbocycles. The van der Waals surface area contributed by atoms with E-state index in [0.29, 0.717) is 6.42 Å². The van der Waals surface area contributed by atoms with Crippen LogP contribution in [0.5, 0.6) is 0 Å². The van der Waals surface area contributed by atoms with Gasteiger partial charge in [-0.05, 0) is 44.7 Å². The van der Waals surface area contributed by atoms with Crippen LogP contribution in [0, 0.1) is 19.8 Å². The number of rotatable bonds is 5. The Labute approximate surface area is 97.3 Å². The lowest BCUT2D eigenvalue weighted by molar-refractivity contribution is -0.121. The molecule has 0 fully saturated rings. The van der Waals surface area contributed by atoms with Gasteiger partial charge in [0.15, 0.2) is 0 Å². The number of carbonyl (C=O) groups excluding carboxylic acids is 1. The van der Waals surface area contributed by atoms with E-state index in [0.717, 1.165) is 6.42 Å². The van der Waals surface area contributed by atoms with Crippen LogP contribution >= 0.6 is 0 Å². The van der Waals surface area contributed by atoms with Gasteiger partial charge in [0.25, 0.3) is 0 Å². The maximum absolute atomic E-state index is 11.4. The summed E-state index contributed by atoms with van der Waals surface area (Å²) in [6.45, 7) is 5.79. The molecule has 0 aliphatic rings. The van der Waals surface area contributed by atoms with Crippen molar-refractivity contribution in [2.45, 2.75) is 33.6 Å². The highest BCUT2D eigenvalue weighted by Crippen LogP contribution is 2.18. The third kappa shape index (κ3) is 3.46. The molecule has 1 atom stereocenters. The molecule has 0 spiro atoms. The van der Waals surface area contributed by atoms with Gasteiger partial charge in [-0.1, -0.05) is 23.8 Å². The topological polar surface area (TPSA) is 37.3 Å². The molecule has 0 heterocycles. The summed E-state index contributed by atoms with van der Waals surface area (Å²) in [4.78, 5) is 11.4. The first-order valence-electron chi connectivity index (χ1n) is 5.72. The molecule has 0 bridgehead atoms. The van der Waals surface area contributed by atoms with Crippen LogP contribution in [0.4, 0.5) is 0 Å². The summed E-state index contributed by atoms with van der Waals surface area (Å²) in [5.41, 5.74) is 3.65. The molecule has 1 N–H and O–H groups in total. The van der Waals surface area contributed by atoms with Crippen LogP contribution in [0.1, 0.15) is 30.0 Å². The maximum Gasteiger partial charge on any atom is 0.133 e. The van der Waals surface area contributed by atoms with Crippen molar-refractivity contribution in [3.63, 3.8) is 0 Å². The van der Waals surface area contributed by atoms with Crippen LogP contribution in [0.2, 0.25) is 0 Å². The zero-order chi connectivity index (χ0) is 12.1. The fourth-order valence-electron chi connectivity index (χ4n) is 1.89. The molecule has 0 saturated carbocycles. The number of Topliss-reactive ketones (excluding diaryl/α,β-unsaturated/α-hetero) is 1. The second kappa shape index (κ2) is 5.80. The molecular formula is C14H20O2. The van der Waals surface area contributed by atoms with Crippen LogP contribution in [-0.2, 0) is 11.2 Å². The van der Waals surface area contributed by atoms with Crippen molar-refractivity contribution in [1.82, 2.24) is 0 Å². The predicted octanol–water partition coefficient (Wildman–Crippen LogP) is 2.43. The fraction of sp³-hybridized carbons (Fsp3) is 0.500. The lowest BCUT2D eigenvalue weighted by atomic mass is 9.90. The van der Waals surface area contributed by atoms with Crippen molar-refractivity contribution in [3.8, 4) is 0 Å². The second-order valence-electron chi connectivity index (χ2n) is 4.45. The fourth-order valence-corrected chi connectivity index (χ4v) is 1.89. The Hall–Kier alpha value is -1.15. The maximum atomic E-state index is 11.4. The van der Waals surface area contributed by atoms with Crippen molar-refractivity contribution in [2.24, 2.45) is 5.92 Å². The zero-order valence-electron chi connectivity index (χ0n) is 10.3. The van der Waals surface area contributed by atoms with E-state index in [1.54, 1.807) is 6.92 Å². The summed E-state index contributed by atoms with van der Waals surface area (Å²) in [5, 5.41) is 8.94. The van der Waals surface area contributed by atoms with Crippen molar-refractivity contribution in [3.05, 3.63) is 34.9 Å². The number of carbonyl (C=O) groups is 1. The van der Waals surface area contributed by atoms with Gasteiger partial charge < -0.3 is 5.11 Å². The highest BCUT2D eigenvalue weighted by atomic mass is 16.3. The van der Waals surface area contributed by atoms with Crippen molar-refractivity contribution < 1.29 is 9.90 Å². The van der Waals surface area contributed by atoms with E-state index in [9.17, 15) is 4.79 Å². The van der Waals surface area contributed by atoms with E-state index in [4.69, 9.17) is 5.11 Å². The highest BCUT2D eigenvalue weighted by Gasteiger charge is 2.15. The van der Waals surface area contributed by atoms with Crippen molar-refractivity contribution >= 4 is 5.78 Å². The molecule has 0 radical (unpaired) electrons. The van der Waals surface area contributed by atoms with E-state index in [1.165, 1.54) is 16.7 Å². The Morgan fingerprint density at radius 1 is 1.38 bits per heavy atom. The molecule has 2 nitrogen and oxygen atoms in total. The van der Waals surface area contributed by atoms with Crippen LogP contribution in [-0.4, -0.2) is 17.5 Å². The minimum absolute atomic E-state index is 0.0505. The first-order valence-corrected chi connectivity index (χ1v) is 5.72. The number of hydrogen-bond donors (Lipinski definition) is 1. The Bertz CT molecular complexity index is 369. The van der Waals surface area contributed by atoms with Gasteiger partial charge >= 0.3 is 0 Å². The Kier molecular flexibility index (Phi) is 4.69. The smallest absolute Gasteiger partial charge is 0.133 e. The average molecular weight is 220 g/mol. The van der Waals surface area contributed by atoms with Gasteiger partial charge in [0.1, 0.15) is 5.78 Å². The molecule has 1 unspecified atom stereocenters. The molecule has 0 aromatic heterocycles. The molecule has 1 aromatic carbocycles. The van der Waals surface area contributed by atoms with E-state index >= 15 is 0 Å². The van der Waals surface area contributed by atoms with Crippen LogP contribution in [0.15, 0.2) is 18.2 Å². The molecule has 16 heavy (non-hydrogen) atoms. The number of aliphatic hydroxyl groups excluding tert-OH is 1. The Morgan fingerprint density at radius 2 is 2.06 bits per heavy atom. The summed E-state index contributed by atoms with van der Waals surface area (Å²) in [6, 6.07) is 6.29. The SMILES string of the molecule is CC(=O)C(CCO)Cc1cc(C)ccc1C. The van der Waals surface area contributed by atoms with E-state index < -0.39 is 0 Å². The number of aliphatic hydroxyl groups is 1. The zero-order valence-corrected chi connectivity index (χ0v) is 10.3. The van der Waals surface area contributed by atoms with Crippen LogP contribution < -0.4 is 0 Å². The third-order valence-corrected chi connectivity index (χ3v) is 3.02. The van der Waals surface area contributed by atoms with E-state index in [2.05, 4.69) is 32.0 Å². The van der Waals surface area contributed by atoms with E-state index in [-0.39, 0.29) is 18.3 Å². The number of aryl methyl sites for hydroxylation is 2. The third-order valence-electron chi connectivity index (χ3n) is 3.02. The monoisotopic (exact) mass is 220 g/mol. The van der Waals surface area contributed by atoms with Gasteiger partial charge in [-0.2, -0.15) is 0 Å². The lowest BCUT2D eigenvalue weighted by Crippen LogP contribution is -2.16. The van der Waals surface area contributed by atoms with Crippen LogP contribution in [0.25, 0.3) is 0 Å². The van der Waals surface area contributed by atoms with Gasteiger partial charge in [0.05, 0.1) is 0 Å². The van der Waals surface area contributed by atoms with Crippen LogP contribution in [0.3, 0.4) is 0 Å². The van der Waals surface area contributed by atoms with Gasteiger partial charge in [0.2, 0.25) is 0 Å². The summed E-state index contributed by atoms with van der Waals surface area (Å²) in [6.07, 6.45) is 1.30. The lowest BCUT2D eigenvalue weighted by Gasteiger charge is -2.14. The first kappa shape index (κ1) is 12.9. The largest absolute Gasteiger partial charge is 0.396 e. The summed E-state index contributed by atoms with van der Waals surface area (Å²) in [7, 11) is 0. The molecular weight excluding hydrogens is 200 g/mol. The summed E-state index contributed by atoms with van der Waals surface area (Å²) in [5.74, 6) is 0.112. The van der Waals surface area contributed by atoms with E-state index in [1.807, 2.05) is 0 Å². The van der Waals surface area contributed by atoms with Gasteiger partial charge in [-0.3, -0.25) is 4.79 Å². The minimum atomic E-state index is -0.0505. The molecule has 0 amide bonds. The van der Waals surface area contributed by atoms with Gasteiger partial charge in [-0.25, -0.2) is 0 Å². The van der Waals surface area contributed by atoms with Crippen molar-refractivity contribution in [1.29, 1.82) is 0 Å². The normalized spacial score (nSPS) is 12.5. The number of hydrogen-bond acceptors (Lipinski definition) is 2. The van der Waals surface area contributed by atoms with Crippen molar-refractivity contribution in [2.75, 3.05) is 6.61 Å². The molecule has 1 aromatic rings. The minimum Gasteiger partial charge on any atom is -0.396 e. The molecule has 0 saturated heterocycles. The molecule has 0 aliphatic heterocycles. The Morgan fingerprint density at radius 3 is 2.62 bits per heavy atom. The van der Waals surface area contributed by atoms with Gasteiger partial charge in [-0.15, -0.1) is 0 Å².